The molecule has 1 aliphatic rings. The fraction of sp³-hybridized carbons (Fsp3) is 0.429. The molecule has 132 valence electrons. The fourth-order valence-electron chi connectivity index (χ4n) is 3.77. The van der Waals surface area contributed by atoms with Crippen LogP contribution < -0.4 is 5.32 Å². The molecule has 0 saturated carbocycles. The molecule has 3 rings (SSSR count). The maximum absolute atomic E-state index is 12.5. The second kappa shape index (κ2) is 7.68. The molecule has 0 radical (unpaired) electrons. The summed E-state index contributed by atoms with van der Waals surface area (Å²) in [5.41, 5.74) is 0.632. The number of carbonyl (C=O) groups is 2. The first-order chi connectivity index (χ1) is 12.1. The van der Waals surface area contributed by atoms with Crippen LogP contribution in [0.15, 0.2) is 42.5 Å². The first-order valence-corrected chi connectivity index (χ1v) is 9.18. The molecule has 0 aromatic heterocycles. The second-order valence-electron chi connectivity index (χ2n) is 6.86. The molecule has 1 N–H and O–H groups in total. The van der Waals surface area contributed by atoms with Crippen LogP contribution in [0.3, 0.4) is 0 Å². The summed E-state index contributed by atoms with van der Waals surface area (Å²) in [6.45, 7) is 4.62. The van der Waals surface area contributed by atoms with E-state index in [1.165, 1.54) is 0 Å². The van der Waals surface area contributed by atoms with Crippen LogP contribution in [0, 0.1) is 0 Å². The molecule has 25 heavy (non-hydrogen) atoms. The molecule has 2 aromatic carbocycles. The van der Waals surface area contributed by atoms with Crippen molar-refractivity contribution in [1.82, 2.24) is 10.2 Å². The van der Waals surface area contributed by atoms with Gasteiger partial charge in [0.25, 0.3) is 5.91 Å². The maximum Gasteiger partial charge on any atom is 0.251 e. The minimum Gasteiger partial charge on any atom is -0.352 e. The standard InChI is InChI=1S/C21H26N2O2/c1-3-19-11-8-15(2)23(19)20(24)12-13-22-21(25)18-10-9-16-6-4-5-7-17(16)14-18/h4-7,9-10,14-15,19H,3,8,11-13H2,1-2H3,(H,22,25)/t15-,19+/m0/s1. The van der Waals surface area contributed by atoms with Crippen LogP contribution in [0.5, 0.6) is 0 Å². The van der Waals surface area contributed by atoms with Crippen LogP contribution in [-0.4, -0.2) is 35.3 Å². The molecule has 2 atom stereocenters. The Kier molecular flexibility index (Phi) is 5.37. The Bertz CT molecular complexity index is 771. The molecule has 0 unspecified atom stereocenters. The van der Waals surface area contributed by atoms with Gasteiger partial charge in [-0.25, -0.2) is 0 Å². The van der Waals surface area contributed by atoms with Crippen molar-refractivity contribution in [2.45, 2.75) is 51.6 Å². The van der Waals surface area contributed by atoms with E-state index < -0.39 is 0 Å². The lowest BCUT2D eigenvalue weighted by molar-refractivity contribution is -0.133. The van der Waals surface area contributed by atoms with Crippen LogP contribution >= 0.6 is 0 Å². The third-order valence-electron chi connectivity index (χ3n) is 5.18. The van der Waals surface area contributed by atoms with Crippen molar-refractivity contribution < 1.29 is 9.59 Å². The molecule has 4 heteroatoms. The monoisotopic (exact) mass is 338 g/mol. The van der Waals surface area contributed by atoms with Gasteiger partial charge in [0.1, 0.15) is 0 Å². The number of nitrogens with one attached hydrogen (secondary N) is 1. The largest absolute Gasteiger partial charge is 0.352 e. The van der Waals surface area contributed by atoms with E-state index >= 15 is 0 Å². The number of rotatable bonds is 5. The zero-order chi connectivity index (χ0) is 17.8. The van der Waals surface area contributed by atoms with Gasteiger partial charge in [-0.1, -0.05) is 37.3 Å². The van der Waals surface area contributed by atoms with Crippen LogP contribution in [0.2, 0.25) is 0 Å². The van der Waals surface area contributed by atoms with E-state index in [4.69, 9.17) is 0 Å². The number of hydrogen-bond acceptors (Lipinski definition) is 2. The number of carbonyl (C=O) groups excluding carboxylic acids is 2. The molecule has 2 amide bonds. The minimum absolute atomic E-state index is 0.125. The molecule has 1 fully saturated rings. The number of benzene rings is 2. The highest BCUT2D eigenvalue weighted by atomic mass is 16.2. The van der Waals surface area contributed by atoms with E-state index in [1.54, 1.807) is 0 Å². The molecule has 1 heterocycles. The van der Waals surface area contributed by atoms with Gasteiger partial charge < -0.3 is 10.2 Å². The normalized spacial score (nSPS) is 20.0. The summed E-state index contributed by atoms with van der Waals surface area (Å²) < 4.78 is 0. The molecular formula is C21H26N2O2. The summed E-state index contributed by atoms with van der Waals surface area (Å²) in [6.07, 6.45) is 3.53. The van der Waals surface area contributed by atoms with Gasteiger partial charge in [0.05, 0.1) is 0 Å². The molecular weight excluding hydrogens is 312 g/mol. The van der Waals surface area contributed by atoms with Crippen molar-refractivity contribution in [1.29, 1.82) is 0 Å². The molecule has 4 nitrogen and oxygen atoms in total. The Morgan fingerprint density at radius 3 is 2.64 bits per heavy atom. The Balaban J connectivity index is 1.55. The van der Waals surface area contributed by atoms with Gasteiger partial charge in [-0.2, -0.15) is 0 Å². The lowest BCUT2D eigenvalue weighted by Gasteiger charge is -2.28. The van der Waals surface area contributed by atoms with Crippen molar-refractivity contribution >= 4 is 22.6 Å². The Labute approximate surface area is 149 Å². The van der Waals surface area contributed by atoms with Gasteiger partial charge in [-0.15, -0.1) is 0 Å². The molecule has 1 saturated heterocycles. The zero-order valence-corrected chi connectivity index (χ0v) is 15.0. The lowest BCUT2D eigenvalue weighted by atomic mass is 10.1. The quantitative estimate of drug-likeness (QED) is 0.902. The van der Waals surface area contributed by atoms with Gasteiger partial charge in [-0.3, -0.25) is 9.59 Å². The highest BCUT2D eigenvalue weighted by Crippen LogP contribution is 2.26. The summed E-state index contributed by atoms with van der Waals surface area (Å²) in [5.74, 6) is 0.0238. The van der Waals surface area contributed by atoms with Gasteiger partial charge in [0.15, 0.2) is 0 Å². The zero-order valence-electron chi connectivity index (χ0n) is 15.0. The summed E-state index contributed by atoms with van der Waals surface area (Å²) in [7, 11) is 0. The SMILES string of the molecule is CC[C@@H]1CC[C@H](C)N1C(=O)CCNC(=O)c1ccc2ccccc2c1. The van der Waals surface area contributed by atoms with Crippen molar-refractivity contribution in [2.24, 2.45) is 0 Å². The van der Waals surface area contributed by atoms with Crippen LogP contribution in [0.4, 0.5) is 0 Å². The fourth-order valence-corrected chi connectivity index (χ4v) is 3.77. The number of nitrogens with zero attached hydrogens (tertiary/aromatic N) is 1. The van der Waals surface area contributed by atoms with Crippen LogP contribution in [-0.2, 0) is 4.79 Å². The molecule has 0 aliphatic carbocycles. The van der Waals surface area contributed by atoms with Gasteiger partial charge in [-0.05, 0) is 49.1 Å². The third kappa shape index (κ3) is 3.84. The first kappa shape index (κ1) is 17.5. The van der Waals surface area contributed by atoms with E-state index in [-0.39, 0.29) is 11.8 Å². The van der Waals surface area contributed by atoms with Gasteiger partial charge in [0, 0.05) is 30.6 Å². The second-order valence-corrected chi connectivity index (χ2v) is 6.86. The maximum atomic E-state index is 12.5. The predicted molar refractivity (Wildman–Crippen MR) is 101 cm³/mol. The molecule has 2 aromatic rings. The average molecular weight is 338 g/mol. The average Bonchev–Trinajstić information content (AvgIpc) is 3.01. The van der Waals surface area contributed by atoms with Crippen molar-refractivity contribution in [3.8, 4) is 0 Å². The van der Waals surface area contributed by atoms with E-state index in [2.05, 4.69) is 19.2 Å². The Morgan fingerprint density at radius 1 is 1.12 bits per heavy atom. The molecule has 1 aliphatic heterocycles. The summed E-state index contributed by atoms with van der Waals surface area (Å²) in [5, 5.41) is 5.04. The summed E-state index contributed by atoms with van der Waals surface area (Å²) in [4.78, 5) is 26.8. The number of amides is 2. The number of likely N-dealkylation sites (tertiary alicyclic amines) is 1. The van der Waals surface area contributed by atoms with Crippen molar-refractivity contribution in [3.63, 3.8) is 0 Å². The molecule has 0 bridgehead atoms. The topological polar surface area (TPSA) is 49.4 Å². The summed E-state index contributed by atoms with van der Waals surface area (Å²) >= 11 is 0. The Morgan fingerprint density at radius 2 is 1.88 bits per heavy atom. The van der Waals surface area contributed by atoms with E-state index in [0.29, 0.717) is 30.6 Å². The Hall–Kier alpha value is -2.36. The highest BCUT2D eigenvalue weighted by Gasteiger charge is 2.32. The van der Waals surface area contributed by atoms with Crippen LogP contribution in [0.25, 0.3) is 10.8 Å². The third-order valence-corrected chi connectivity index (χ3v) is 5.18. The van der Waals surface area contributed by atoms with E-state index in [1.807, 2.05) is 47.4 Å². The van der Waals surface area contributed by atoms with Crippen molar-refractivity contribution in [2.75, 3.05) is 6.54 Å². The predicted octanol–water partition coefficient (Wildman–Crippen LogP) is 3.75. The van der Waals surface area contributed by atoms with E-state index in [0.717, 1.165) is 30.0 Å². The van der Waals surface area contributed by atoms with Gasteiger partial charge >= 0.3 is 0 Å². The number of hydrogen-bond donors (Lipinski definition) is 1. The lowest BCUT2D eigenvalue weighted by Crippen LogP contribution is -2.41. The minimum atomic E-state index is -0.125. The van der Waals surface area contributed by atoms with Crippen molar-refractivity contribution in [3.05, 3.63) is 48.0 Å². The van der Waals surface area contributed by atoms with Crippen LogP contribution in [0.1, 0.15) is 49.9 Å². The van der Waals surface area contributed by atoms with E-state index in [9.17, 15) is 9.59 Å². The molecule has 0 spiro atoms. The van der Waals surface area contributed by atoms with Gasteiger partial charge in [0.2, 0.25) is 5.91 Å². The summed E-state index contributed by atoms with van der Waals surface area (Å²) in [6, 6.07) is 14.3. The highest BCUT2D eigenvalue weighted by molar-refractivity contribution is 5.98. The first-order valence-electron chi connectivity index (χ1n) is 9.18. The number of fused-ring (bicyclic) bond motifs is 1. The smallest absolute Gasteiger partial charge is 0.251 e.